The average molecular weight is 416 g/mol. The minimum absolute atomic E-state index is 0.0939. The van der Waals surface area contributed by atoms with Crippen LogP contribution in [0.2, 0.25) is 0 Å². The number of aromatic amines is 1. The normalized spacial score (nSPS) is 11.5. The molecule has 0 radical (unpaired) electrons. The molecular formula is C24H24N4O3. The van der Waals surface area contributed by atoms with Gasteiger partial charge >= 0.3 is 0 Å². The van der Waals surface area contributed by atoms with E-state index >= 15 is 0 Å². The number of ether oxygens (including phenoxy) is 1. The topological polar surface area (TPSA) is 100 Å². The van der Waals surface area contributed by atoms with Crippen molar-refractivity contribution in [1.82, 2.24) is 20.3 Å². The van der Waals surface area contributed by atoms with Crippen LogP contribution in [0.15, 0.2) is 54.7 Å². The Morgan fingerprint density at radius 3 is 2.65 bits per heavy atom. The van der Waals surface area contributed by atoms with Gasteiger partial charge in [0.2, 0.25) is 5.88 Å². The first-order valence-corrected chi connectivity index (χ1v) is 9.90. The van der Waals surface area contributed by atoms with E-state index < -0.39 is 0 Å². The summed E-state index contributed by atoms with van der Waals surface area (Å²) in [6.45, 7) is 5.80. The number of nitrogens with one attached hydrogen (secondary N) is 2. The van der Waals surface area contributed by atoms with Gasteiger partial charge in [-0.3, -0.25) is 4.79 Å². The van der Waals surface area contributed by atoms with Crippen molar-refractivity contribution >= 4 is 16.9 Å². The van der Waals surface area contributed by atoms with Gasteiger partial charge in [0.1, 0.15) is 11.6 Å². The van der Waals surface area contributed by atoms with Crippen LogP contribution in [0.25, 0.3) is 33.5 Å². The molecular weight excluding hydrogens is 392 g/mol. The van der Waals surface area contributed by atoms with E-state index in [-0.39, 0.29) is 17.2 Å². The zero-order valence-corrected chi connectivity index (χ0v) is 17.9. The maximum atomic E-state index is 12.5. The number of H-pyrrole nitrogens is 1. The van der Waals surface area contributed by atoms with Crippen LogP contribution >= 0.6 is 0 Å². The van der Waals surface area contributed by atoms with Gasteiger partial charge in [-0.25, -0.2) is 9.97 Å². The highest BCUT2D eigenvalue weighted by atomic mass is 16.5. The van der Waals surface area contributed by atoms with Crippen molar-refractivity contribution < 1.29 is 14.6 Å². The van der Waals surface area contributed by atoms with Crippen molar-refractivity contribution in [1.29, 1.82) is 0 Å². The number of aromatic hydroxyl groups is 1. The average Bonchev–Trinajstić information content (AvgIpc) is 3.16. The number of fused-ring (bicyclic) bond motifs is 1. The Morgan fingerprint density at radius 1 is 1.10 bits per heavy atom. The van der Waals surface area contributed by atoms with Crippen LogP contribution in [0.1, 0.15) is 31.1 Å². The number of phenols is 1. The molecule has 0 aliphatic rings. The SMILES string of the molecule is COc1ncccc1-c1ccc(O)c(-c2nc3cc(C(=O)NC(C)(C)C)ccc3[nH]2)c1. The lowest BCUT2D eigenvalue weighted by Gasteiger charge is -2.20. The van der Waals surface area contributed by atoms with E-state index in [1.807, 2.05) is 45.0 Å². The number of benzene rings is 2. The second-order valence-corrected chi connectivity index (χ2v) is 8.31. The van der Waals surface area contributed by atoms with Gasteiger partial charge in [-0.05, 0) is 68.8 Å². The Labute approximate surface area is 180 Å². The number of methoxy groups -OCH3 is 1. The molecule has 1 amide bonds. The molecule has 4 rings (SSSR count). The van der Waals surface area contributed by atoms with Gasteiger partial charge in [0.05, 0.1) is 23.7 Å². The maximum Gasteiger partial charge on any atom is 0.251 e. The van der Waals surface area contributed by atoms with Crippen LogP contribution in [0.3, 0.4) is 0 Å². The van der Waals surface area contributed by atoms with Crippen molar-refractivity contribution in [3.63, 3.8) is 0 Å². The van der Waals surface area contributed by atoms with E-state index in [9.17, 15) is 9.90 Å². The first-order valence-electron chi connectivity index (χ1n) is 9.90. The summed E-state index contributed by atoms with van der Waals surface area (Å²) in [5, 5.41) is 13.4. The smallest absolute Gasteiger partial charge is 0.251 e. The summed E-state index contributed by atoms with van der Waals surface area (Å²) in [5.74, 6) is 0.938. The molecule has 31 heavy (non-hydrogen) atoms. The number of imidazole rings is 1. The number of pyridine rings is 1. The zero-order chi connectivity index (χ0) is 22.2. The lowest BCUT2D eigenvalue weighted by Crippen LogP contribution is -2.40. The summed E-state index contributed by atoms with van der Waals surface area (Å²) in [6, 6.07) is 14.3. The van der Waals surface area contributed by atoms with E-state index in [1.54, 1.807) is 37.6 Å². The lowest BCUT2D eigenvalue weighted by atomic mass is 10.0. The van der Waals surface area contributed by atoms with Crippen LogP contribution < -0.4 is 10.1 Å². The Balaban J connectivity index is 1.74. The number of carbonyl (C=O) groups excluding carboxylic acids is 1. The molecule has 158 valence electrons. The Bertz CT molecular complexity index is 1270. The highest BCUT2D eigenvalue weighted by Gasteiger charge is 2.17. The summed E-state index contributed by atoms with van der Waals surface area (Å²) in [7, 11) is 1.57. The molecule has 2 aromatic heterocycles. The van der Waals surface area contributed by atoms with Gasteiger partial charge in [-0.15, -0.1) is 0 Å². The number of amides is 1. The van der Waals surface area contributed by atoms with E-state index in [2.05, 4.69) is 20.3 Å². The van der Waals surface area contributed by atoms with Crippen LogP contribution in [0.5, 0.6) is 11.6 Å². The molecule has 2 heterocycles. The summed E-state index contributed by atoms with van der Waals surface area (Å²) >= 11 is 0. The third-order valence-electron chi connectivity index (χ3n) is 4.76. The maximum absolute atomic E-state index is 12.5. The molecule has 2 aromatic carbocycles. The quantitative estimate of drug-likeness (QED) is 0.454. The van der Waals surface area contributed by atoms with Gasteiger partial charge in [0, 0.05) is 22.9 Å². The molecule has 0 bridgehead atoms. The van der Waals surface area contributed by atoms with Gasteiger partial charge in [0.25, 0.3) is 5.91 Å². The van der Waals surface area contributed by atoms with Gasteiger partial charge in [-0.1, -0.05) is 6.07 Å². The Hall–Kier alpha value is -3.87. The number of rotatable bonds is 4. The predicted octanol–water partition coefficient (Wildman–Crippen LogP) is 4.53. The largest absolute Gasteiger partial charge is 0.507 e. The minimum Gasteiger partial charge on any atom is -0.507 e. The molecule has 0 saturated carbocycles. The number of aromatic nitrogens is 3. The van der Waals surface area contributed by atoms with Crippen molar-refractivity contribution in [2.75, 3.05) is 7.11 Å². The molecule has 4 aromatic rings. The monoisotopic (exact) mass is 416 g/mol. The molecule has 7 heteroatoms. The molecule has 0 saturated heterocycles. The summed E-state index contributed by atoms with van der Waals surface area (Å²) in [4.78, 5) is 24.6. The number of carbonyl (C=O) groups is 1. The van der Waals surface area contributed by atoms with Gasteiger partial charge in [-0.2, -0.15) is 0 Å². The highest BCUT2D eigenvalue weighted by molar-refractivity contribution is 5.98. The number of phenolic OH excluding ortho intramolecular Hbond substituents is 1. The molecule has 0 fully saturated rings. The Kier molecular flexibility index (Phi) is 5.10. The number of hydrogen-bond acceptors (Lipinski definition) is 5. The standard InChI is InChI=1S/C24H24N4O3/c1-24(2,3)28-22(30)15-7-9-18-19(13-15)27-21(26-18)17-12-14(8-10-20(17)29)16-6-5-11-25-23(16)31-4/h5-13,29H,1-4H3,(H,26,27)(H,28,30). The second-order valence-electron chi connectivity index (χ2n) is 8.31. The van der Waals surface area contributed by atoms with Crippen LogP contribution in [-0.4, -0.2) is 38.6 Å². The van der Waals surface area contributed by atoms with Crippen molar-refractivity contribution in [2.45, 2.75) is 26.3 Å². The summed E-state index contributed by atoms with van der Waals surface area (Å²) < 4.78 is 5.36. The number of nitrogens with zero attached hydrogens (tertiary/aromatic N) is 2. The van der Waals surface area contributed by atoms with Crippen molar-refractivity contribution in [2.24, 2.45) is 0 Å². The van der Waals surface area contributed by atoms with Gasteiger partial charge < -0.3 is 20.1 Å². The minimum atomic E-state index is -0.331. The molecule has 0 spiro atoms. The summed E-state index contributed by atoms with van der Waals surface area (Å²) in [6.07, 6.45) is 1.66. The highest BCUT2D eigenvalue weighted by Crippen LogP contribution is 2.35. The Morgan fingerprint density at radius 2 is 1.90 bits per heavy atom. The van der Waals surface area contributed by atoms with Crippen LogP contribution in [0.4, 0.5) is 0 Å². The van der Waals surface area contributed by atoms with Crippen molar-refractivity contribution in [3.05, 3.63) is 60.3 Å². The van der Waals surface area contributed by atoms with Crippen molar-refractivity contribution in [3.8, 4) is 34.1 Å². The first kappa shape index (κ1) is 20.4. The lowest BCUT2D eigenvalue weighted by molar-refractivity contribution is 0.0919. The van der Waals surface area contributed by atoms with E-state index in [0.717, 1.165) is 16.6 Å². The number of hydrogen-bond donors (Lipinski definition) is 3. The van der Waals surface area contributed by atoms with Gasteiger partial charge in [0.15, 0.2) is 0 Å². The zero-order valence-electron chi connectivity index (χ0n) is 17.9. The molecule has 0 atom stereocenters. The van der Waals surface area contributed by atoms with E-state index in [1.165, 1.54) is 0 Å². The van der Waals surface area contributed by atoms with Crippen LogP contribution in [0, 0.1) is 0 Å². The third-order valence-corrected chi connectivity index (χ3v) is 4.76. The molecule has 7 nitrogen and oxygen atoms in total. The molecule has 0 aliphatic carbocycles. The molecule has 0 aliphatic heterocycles. The van der Waals surface area contributed by atoms with E-state index in [4.69, 9.17) is 4.74 Å². The molecule has 3 N–H and O–H groups in total. The second kappa shape index (κ2) is 7.75. The third kappa shape index (κ3) is 4.21. The van der Waals surface area contributed by atoms with Crippen LogP contribution in [-0.2, 0) is 0 Å². The van der Waals surface area contributed by atoms with E-state index in [0.29, 0.717) is 28.3 Å². The summed E-state index contributed by atoms with van der Waals surface area (Å²) in [5.41, 5.74) is 3.79. The predicted molar refractivity (Wildman–Crippen MR) is 120 cm³/mol. The fourth-order valence-electron chi connectivity index (χ4n) is 3.35. The first-order chi connectivity index (χ1) is 14.7. The fourth-order valence-corrected chi connectivity index (χ4v) is 3.35. The fraction of sp³-hybridized carbons (Fsp3) is 0.208. The molecule has 0 unspecified atom stereocenters.